The molecule has 13 heteroatoms. The minimum Gasteiger partial charge on any atom is -0.497 e. The fraction of sp³-hybridized carbons (Fsp3) is 0.133. The number of hydrogen-bond donors (Lipinski definition) is 1. The normalized spacial score (nSPS) is 11.3. The molecule has 9 nitrogen and oxygen atoms in total. The molecule has 0 unspecified atom stereocenters. The van der Waals surface area contributed by atoms with E-state index in [0.717, 1.165) is 9.87 Å². The van der Waals surface area contributed by atoms with Gasteiger partial charge in [-0.2, -0.15) is 5.10 Å². The zero-order chi connectivity index (χ0) is 31.0. The number of rotatable bonds is 12. The predicted octanol–water partition coefficient (Wildman–Crippen LogP) is 6.70. The summed E-state index contributed by atoms with van der Waals surface area (Å²) >= 11 is 15.6. The Morgan fingerprint density at radius 1 is 0.953 bits per heavy atom. The number of sulfonamides is 1. The van der Waals surface area contributed by atoms with E-state index in [9.17, 15) is 13.2 Å². The van der Waals surface area contributed by atoms with Gasteiger partial charge in [-0.05, 0) is 87.7 Å². The summed E-state index contributed by atoms with van der Waals surface area (Å²) < 4.78 is 45.2. The van der Waals surface area contributed by atoms with Crippen LogP contribution in [-0.2, 0) is 21.4 Å². The van der Waals surface area contributed by atoms with Crippen LogP contribution in [0.1, 0.15) is 11.1 Å². The Morgan fingerprint density at radius 2 is 1.67 bits per heavy atom. The summed E-state index contributed by atoms with van der Waals surface area (Å²) in [5.74, 6) is 0.733. The summed E-state index contributed by atoms with van der Waals surface area (Å²) in [4.78, 5) is 12.9. The molecule has 0 saturated heterocycles. The van der Waals surface area contributed by atoms with Crippen molar-refractivity contribution in [3.8, 4) is 17.2 Å². The van der Waals surface area contributed by atoms with Crippen LogP contribution in [0.4, 0.5) is 5.69 Å². The molecule has 0 atom stereocenters. The number of anilines is 1. The van der Waals surface area contributed by atoms with Gasteiger partial charge < -0.3 is 14.2 Å². The molecule has 0 radical (unpaired) electrons. The lowest BCUT2D eigenvalue weighted by atomic mass is 10.2. The summed E-state index contributed by atoms with van der Waals surface area (Å²) in [5.41, 5.74) is 4.11. The molecule has 0 aliphatic carbocycles. The fourth-order valence-electron chi connectivity index (χ4n) is 3.87. The summed E-state index contributed by atoms with van der Waals surface area (Å²) in [5, 5.41) is 4.89. The minimum absolute atomic E-state index is 0.00636. The highest BCUT2D eigenvalue weighted by molar-refractivity contribution is 9.10. The Hall–Kier alpha value is -3.77. The second kappa shape index (κ2) is 14.6. The number of benzene rings is 4. The maximum Gasteiger partial charge on any atom is 0.264 e. The molecule has 1 amide bonds. The molecule has 0 fully saturated rings. The van der Waals surface area contributed by atoms with Crippen molar-refractivity contribution < 1.29 is 27.4 Å². The molecule has 4 aromatic carbocycles. The van der Waals surface area contributed by atoms with Crippen LogP contribution in [0.5, 0.6) is 17.2 Å². The van der Waals surface area contributed by atoms with Gasteiger partial charge in [-0.25, -0.2) is 13.8 Å². The first-order valence-corrected chi connectivity index (χ1v) is 15.6. The number of nitrogens with one attached hydrogen (secondary N) is 1. The van der Waals surface area contributed by atoms with E-state index in [2.05, 4.69) is 26.5 Å². The van der Waals surface area contributed by atoms with E-state index >= 15 is 0 Å². The van der Waals surface area contributed by atoms with Crippen molar-refractivity contribution in [3.63, 3.8) is 0 Å². The molecule has 4 aromatic rings. The molecule has 0 aliphatic rings. The largest absolute Gasteiger partial charge is 0.497 e. The van der Waals surface area contributed by atoms with Crippen molar-refractivity contribution in [2.45, 2.75) is 11.5 Å². The van der Waals surface area contributed by atoms with Crippen molar-refractivity contribution in [2.24, 2.45) is 5.10 Å². The molecule has 0 bridgehead atoms. The number of hydrogen-bond acceptors (Lipinski definition) is 7. The first-order valence-electron chi connectivity index (χ1n) is 12.6. The first kappa shape index (κ1) is 32.2. The van der Waals surface area contributed by atoms with Crippen LogP contribution >= 0.6 is 39.1 Å². The van der Waals surface area contributed by atoms with Crippen LogP contribution in [0.2, 0.25) is 10.0 Å². The molecule has 224 valence electrons. The van der Waals surface area contributed by atoms with Gasteiger partial charge in [0, 0.05) is 0 Å². The molecule has 0 heterocycles. The Balaban J connectivity index is 1.47. The lowest BCUT2D eigenvalue weighted by molar-refractivity contribution is -0.119. The van der Waals surface area contributed by atoms with Crippen LogP contribution in [0.3, 0.4) is 0 Å². The summed E-state index contributed by atoms with van der Waals surface area (Å²) in [6, 6.07) is 22.9. The van der Waals surface area contributed by atoms with Gasteiger partial charge in [0.15, 0.2) is 11.5 Å². The van der Waals surface area contributed by atoms with Crippen molar-refractivity contribution in [2.75, 3.05) is 25.1 Å². The number of halogens is 3. The van der Waals surface area contributed by atoms with E-state index in [-0.39, 0.29) is 11.5 Å². The number of methoxy groups -OCH3 is 2. The van der Waals surface area contributed by atoms with Gasteiger partial charge in [0.05, 0.1) is 45.5 Å². The standard InChI is InChI=1S/C30H26BrCl2N3O6S/c1-40-23-9-11-24(12-10-23)43(38,39)36(22-6-4-3-5-7-22)18-29(37)35-34-17-21-14-25(31)30(28(16-21)41-2)42-19-20-8-13-26(32)27(33)15-20/h3-17H,18-19H2,1-2H3,(H,35,37)/b34-17-. The van der Waals surface area contributed by atoms with E-state index in [0.29, 0.717) is 43.0 Å². The second-order valence-electron chi connectivity index (χ2n) is 8.89. The van der Waals surface area contributed by atoms with Crippen LogP contribution in [-0.4, -0.2) is 41.3 Å². The zero-order valence-electron chi connectivity index (χ0n) is 23.0. The van der Waals surface area contributed by atoms with Crippen molar-refractivity contribution in [1.29, 1.82) is 0 Å². The van der Waals surface area contributed by atoms with Gasteiger partial charge in [-0.1, -0.05) is 47.5 Å². The van der Waals surface area contributed by atoms with Gasteiger partial charge in [-0.15, -0.1) is 0 Å². The smallest absolute Gasteiger partial charge is 0.264 e. The molecule has 1 N–H and O–H groups in total. The van der Waals surface area contributed by atoms with Gasteiger partial charge in [-0.3, -0.25) is 9.10 Å². The third kappa shape index (κ3) is 8.20. The van der Waals surface area contributed by atoms with Gasteiger partial charge in [0.25, 0.3) is 15.9 Å². The highest BCUT2D eigenvalue weighted by atomic mass is 79.9. The first-order chi connectivity index (χ1) is 20.6. The molecule has 4 rings (SSSR count). The van der Waals surface area contributed by atoms with Gasteiger partial charge in [0.1, 0.15) is 18.9 Å². The van der Waals surface area contributed by atoms with Crippen molar-refractivity contribution >= 4 is 67.0 Å². The highest BCUT2D eigenvalue weighted by Gasteiger charge is 2.27. The van der Waals surface area contributed by atoms with Crippen molar-refractivity contribution in [3.05, 3.63) is 111 Å². The molecular formula is C30H26BrCl2N3O6S. The van der Waals surface area contributed by atoms with Crippen LogP contribution in [0.15, 0.2) is 99.4 Å². The number of amides is 1. The van der Waals surface area contributed by atoms with E-state index in [1.54, 1.807) is 60.7 Å². The third-order valence-electron chi connectivity index (χ3n) is 6.00. The third-order valence-corrected chi connectivity index (χ3v) is 9.12. The lowest BCUT2D eigenvalue weighted by Gasteiger charge is -2.23. The molecule has 0 aliphatic heterocycles. The average molecular weight is 707 g/mol. The zero-order valence-corrected chi connectivity index (χ0v) is 26.9. The average Bonchev–Trinajstić information content (AvgIpc) is 3.01. The monoisotopic (exact) mass is 705 g/mol. The molecule has 0 saturated carbocycles. The second-order valence-corrected chi connectivity index (χ2v) is 12.4. The summed E-state index contributed by atoms with van der Waals surface area (Å²) in [6.07, 6.45) is 1.40. The predicted molar refractivity (Wildman–Crippen MR) is 171 cm³/mol. The topological polar surface area (TPSA) is 107 Å². The number of carbonyl (C=O) groups excluding carboxylic acids is 1. The summed E-state index contributed by atoms with van der Waals surface area (Å²) in [6.45, 7) is -0.295. The maximum atomic E-state index is 13.5. The van der Waals surface area contributed by atoms with Crippen LogP contribution < -0.4 is 23.9 Å². The maximum absolute atomic E-state index is 13.5. The summed E-state index contributed by atoms with van der Waals surface area (Å²) in [7, 11) is -1.10. The quantitative estimate of drug-likeness (QED) is 0.130. The SMILES string of the molecule is COc1ccc(S(=O)(=O)N(CC(=O)N/N=C\c2cc(Br)c(OCc3ccc(Cl)c(Cl)c3)c(OC)c2)c2ccccc2)cc1. The number of para-hydroxylation sites is 1. The Labute approximate surface area is 268 Å². The minimum atomic E-state index is -4.09. The Kier molecular flexibility index (Phi) is 10.9. The molecular weight excluding hydrogens is 681 g/mol. The van der Waals surface area contributed by atoms with E-state index in [1.807, 2.05) is 0 Å². The van der Waals surface area contributed by atoms with E-state index in [4.69, 9.17) is 37.4 Å². The van der Waals surface area contributed by atoms with Crippen molar-refractivity contribution in [1.82, 2.24) is 5.43 Å². The Morgan fingerprint density at radius 3 is 2.33 bits per heavy atom. The van der Waals surface area contributed by atoms with Gasteiger partial charge >= 0.3 is 0 Å². The number of nitrogens with zero attached hydrogens (tertiary/aromatic N) is 2. The lowest BCUT2D eigenvalue weighted by Crippen LogP contribution is -2.39. The number of ether oxygens (including phenoxy) is 3. The highest BCUT2D eigenvalue weighted by Crippen LogP contribution is 2.37. The fourth-order valence-corrected chi connectivity index (χ4v) is 6.18. The number of carbonyl (C=O) groups is 1. The number of hydrazone groups is 1. The van der Waals surface area contributed by atoms with E-state index in [1.165, 1.54) is 44.7 Å². The Bertz CT molecular complexity index is 1720. The molecule has 0 aromatic heterocycles. The van der Waals surface area contributed by atoms with Gasteiger partial charge in [0.2, 0.25) is 0 Å². The molecule has 43 heavy (non-hydrogen) atoms. The van der Waals surface area contributed by atoms with Crippen LogP contribution in [0.25, 0.3) is 0 Å². The molecule has 0 spiro atoms. The van der Waals surface area contributed by atoms with Crippen LogP contribution in [0, 0.1) is 0 Å². The van der Waals surface area contributed by atoms with E-state index < -0.39 is 22.5 Å².